The zero-order valence-electron chi connectivity index (χ0n) is 15.2. The van der Waals surface area contributed by atoms with E-state index in [0.717, 1.165) is 37.1 Å². The molecule has 156 valence electrons. The lowest BCUT2D eigenvalue weighted by Gasteiger charge is -2.04. The molecule has 2 aromatic rings. The maximum absolute atomic E-state index is 12.8. The minimum Gasteiger partial charge on any atom is -0.377 e. The molecule has 2 aliphatic carbocycles. The van der Waals surface area contributed by atoms with Crippen molar-refractivity contribution in [3.63, 3.8) is 0 Å². The Bertz CT molecular complexity index is 889. The third kappa shape index (κ3) is 7.74. The molecule has 2 aliphatic rings. The summed E-state index contributed by atoms with van der Waals surface area (Å²) in [6, 6.07) is 6.38. The van der Waals surface area contributed by atoms with E-state index in [-0.39, 0.29) is 17.4 Å². The van der Waals surface area contributed by atoms with Crippen LogP contribution in [-0.2, 0) is 0 Å². The van der Waals surface area contributed by atoms with Crippen molar-refractivity contribution in [3.8, 4) is 0 Å². The van der Waals surface area contributed by atoms with Crippen LogP contribution in [0.5, 0.6) is 0 Å². The van der Waals surface area contributed by atoms with Gasteiger partial charge < -0.3 is 11.1 Å². The predicted molar refractivity (Wildman–Crippen MR) is 99.9 cm³/mol. The molecule has 0 aliphatic heterocycles. The van der Waals surface area contributed by atoms with Gasteiger partial charge in [-0.15, -0.1) is 0 Å². The standard InChI is InChI=1S/C9H9FN2O2.C6H3F2NO2.C3H7N/c10-6-1-4-9(12(13)14)8(5-6)11-7-2-3-7;7-4-1-2-6(9(10)11)5(8)3-4;4-3-1-2-3/h1,4-5,7,11H,2-3H2;1-3H;3H,1-2,4H2. The summed E-state index contributed by atoms with van der Waals surface area (Å²) in [4.78, 5) is 19.1. The molecular weight excluding hydrogens is 393 g/mol. The lowest BCUT2D eigenvalue weighted by molar-refractivity contribution is -0.387. The summed E-state index contributed by atoms with van der Waals surface area (Å²) in [5.74, 6) is -2.44. The molecule has 0 heterocycles. The van der Waals surface area contributed by atoms with E-state index in [4.69, 9.17) is 5.73 Å². The SMILES string of the molecule is NC1CC1.O=[N+]([O-])c1ccc(F)cc1F.O=[N+]([O-])c1ccc(F)cc1NC1CC1. The molecule has 0 aromatic heterocycles. The van der Waals surface area contributed by atoms with E-state index >= 15 is 0 Å². The Morgan fingerprint density at radius 2 is 1.34 bits per heavy atom. The molecule has 8 nitrogen and oxygen atoms in total. The van der Waals surface area contributed by atoms with Crippen LogP contribution in [0.4, 0.5) is 30.2 Å². The summed E-state index contributed by atoms with van der Waals surface area (Å²) >= 11 is 0. The van der Waals surface area contributed by atoms with Crippen LogP contribution in [0.1, 0.15) is 25.7 Å². The summed E-state index contributed by atoms with van der Waals surface area (Å²) in [6.07, 6.45) is 4.52. The van der Waals surface area contributed by atoms with Gasteiger partial charge in [-0.1, -0.05) is 0 Å². The summed E-state index contributed by atoms with van der Waals surface area (Å²) in [7, 11) is 0. The van der Waals surface area contributed by atoms with Crippen LogP contribution in [0.3, 0.4) is 0 Å². The van der Waals surface area contributed by atoms with E-state index in [0.29, 0.717) is 12.1 Å². The number of rotatable bonds is 4. The van der Waals surface area contributed by atoms with Gasteiger partial charge in [0.05, 0.1) is 9.85 Å². The van der Waals surface area contributed by atoms with E-state index in [9.17, 15) is 33.4 Å². The number of nitrogens with two attached hydrogens (primary N) is 1. The van der Waals surface area contributed by atoms with Crippen molar-refractivity contribution in [1.29, 1.82) is 0 Å². The Morgan fingerprint density at radius 3 is 1.76 bits per heavy atom. The van der Waals surface area contributed by atoms with E-state index < -0.39 is 33.0 Å². The quantitative estimate of drug-likeness (QED) is 0.570. The van der Waals surface area contributed by atoms with Gasteiger partial charge in [0, 0.05) is 36.3 Å². The summed E-state index contributed by atoms with van der Waals surface area (Å²) in [5, 5.41) is 23.5. The first-order valence-corrected chi connectivity index (χ1v) is 8.73. The molecule has 0 spiro atoms. The van der Waals surface area contributed by atoms with Gasteiger partial charge in [-0.25, -0.2) is 8.78 Å². The van der Waals surface area contributed by atoms with Crippen LogP contribution in [0.2, 0.25) is 0 Å². The van der Waals surface area contributed by atoms with Gasteiger partial charge in [0.2, 0.25) is 5.82 Å². The van der Waals surface area contributed by atoms with Crippen molar-refractivity contribution >= 4 is 17.1 Å². The predicted octanol–water partition coefficient (Wildman–Crippen LogP) is 4.29. The van der Waals surface area contributed by atoms with Crippen LogP contribution in [0.25, 0.3) is 0 Å². The van der Waals surface area contributed by atoms with Gasteiger partial charge in [0.1, 0.15) is 17.3 Å². The first kappa shape index (κ1) is 22.1. The zero-order valence-corrected chi connectivity index (χ0v) is 15.2. The monoisotopic (exact) mass is 412 g/mol. The van der Waals surface area contributed by atoms with Crippen molar-refractivity contribution in [3.05, 3.63) is 74.1 Å². The third-order valence-corrected chi connectivity index (χ3v) is 3.82. The second-order valence-corrected chi connectivity index (χ2v) is 6.53. The van der Waals surface area contributed by atoms with Crippen LogP contribution < -0.4 is 11.1 Å². The Kier molecular flexibility index (Phi) is 7.48. The number of nitro benzene ring substituents is 2. The van der Waals surface area contributed by atoms with Gasteiger partial charge in [-0.2, -0.15) is 4.39 Å². The molecule has 0 bridgehead atoms. The lowest BCUT2D eigenvalue weighted by atomic mass is 10.2. The number of nitrogens with one attached hydrogen (secondary N) is 1. The Morgan fingerprint density at radius 1 is 0.862 bits per heavy atom. The fraction of sp³-hybridized carbons (Fsp3) is 0.333. The van der Waals surface area contributed by atoms with Gasteiger partial charge in [0.25, 0.3) is 5.69 Å². The average Bonchev–Trinajstić information content (AvgIpc) is 3.54. The Balaban J connectivity index is 0.000000177. The molecule has 4 rings (SSSR count). The van der Waals surface area contributed by atoms with Gasteiger partial charge in [-0.05, 0) is 37.8 Å². The van der Waals surface area contributed by atoms with Crippen LogP contribution in [-0.4, -0.2) is 21.9 Å². The second kappa shape index (κ2) is 9.82. The van der Waals surface area contributed by atoms with Crippen molar-refractivity contribution in [1.82, 2.24) is 0 Å². The van der Waals surface area contributed by atoms with E-state index in [1.165, 1.54) is 18.9 Å². The topological polar surface area (TPSA) is 124 Å². The Hall–Kier alpha value is -3.21. The number of anilines is 1. The number of hydrogen-bond acceptors (Lipinski definition) is 6. The van der Waals surface area contributed by atoms with Gasteiger partial charge >= 0.3 is 5.69 Å². The highest BCUT2D eigenvalue weighted by atomic mass is 19.1. The number of nitro groups is 2. The van der Waals surface area contributed by atoms with Crippen LogP contribution >= 0.6 is 0 Å². The van der Waals surface area contributed by atoms with Crippen molar-refractivity contribution in [2.24, 2.45) is 5.73 Å². The highest BCUT2D eigenvalue weighted by Crippen LogP contribution is 2.31. The molecule has 29 heavy (non-hydrogen) atoms. The highest BCUT2D eigenvalue weighted by Gasteiger charge is 2.24. The van der Waals surface area contributed by atoms with Crippen molar-refractivity contribution in [2.45, 2.75) is 37.8 Å². The fourth-order valence-corrected chi connectivity index (χ4v) is 1.96. The van der Waals surface area contributed by atoms with Crippen molar-refractivity contribution < 1.29 is 23.0 Å². The summed E-state index contributed by atoms with van der Waals surface area (Å²) in [6.45, 7) is 0. The number of hydrogen-bond donors (Lipinski definition) is 2. The minimum atomic E-state index is -1.16. The van der Waals surface area contributed by atoms with Gasteiger partial charge in [-0.3, -0.25) is 20.2 Å². The second-order valence-electron chi connectivity index (χ2n) is 6.53. The maximum atomic E-state index is 12.8. The molecule has 0 atom stereocenters. The molecule has 2 fully saturated rings. The average molecular weight is 412 g/mol. The molecule has 0 radical (unpaired) electrons. The lowest BCUT2D eigenvalue weighted by Crippen LogP contribution is -2.04. The molecular formula is C18H19F3N4O4. The molecule has 0 unspecified atom stereocenters. The van der Waals surface area contributed by atoms with Crippen LogP contribution in [0.15, 0.2) is 36.4 Å². The fourth-order valence-electron chi connectivity index (χ4n) is 1.96. The first-order valence-electron chi connectivity index (χ1n) is 8.73. The smallest absolute Gasteiger partial charge is 0.304 e. The third-order valence-electron chi connectivity index (χ3n) is 3.82. The maximum Gasteiger partial charge on any atom is 0.304 e. The number of benzene rings is 2. The molecule has 2 aromatic carbocycles. The largest absolute Gasteiger partial charge is 0.377 e. The Labute approximate surface area is 163 Å². The van der Waals surface area contributed by atoms with E-state index in [1.807, 2.05) is 0 Å². The molecule has 11 heteroatoms. The minimum absolute atomic E-state index is 0.0710. The molecule has 0 amide bonds. The van der Waals surface area contributed by atoms with E-state index in [1.54, 1.807) is 0 Å². The first-order chi connectivity index (χ1) is 13.7. The van der Waals surface area contributed by atoms with Crippen molar-refractivity contribution in [2.75, 3.05) is 5.32 Å². The molecule has 0 saturated heterocycles. The van der Waals surface area contributed by atoms with E-state index in [2.05, 4.69) is 5.32 Å². The summed E-state index contributed by atoms with van der Waals surface area (Å²) in [5.41, 5.74) is 4.71. The van der Waals surface area contributed by atoms with Gasteiger partial charge in [0.15, 0.2) is 0 Å². The van der Waals surface area contributed by atoms with Crippen LogP contribution in [0, 0.1) is 37.7 Å². The highest BCUT2D eigenvalue weighted by molar-refractivity contribution is 5.62. The number of halogens is 3. The molecule has 2 saturated carbocycles. The molecule has 3 N–H and O–H groups in total. The zero-order chi connectivity index (χ0) is 21.6. The normalized spacial score (nSPS) is 14.6. The number of nitrogens with zero attached hydrogens (tertiary/aromatic N) is 2. The summed E-state index contributed by atoms with van der Waals surface area (Å²) < 4.78 is 37.4.